The molecule has 0 spiro atoms. The van der Waals surface area contributed by atoms with Gasteiger partial charge in [0.15, 0.2) is 0 Å². The molecule has 3 nitrogen and oxygen atoms in total. The van der Waals surface area contributed by atoms with Crippen molar-refractivity contribution in [3.8, 4) is 0 Å². The van der Waals surface area contributed by atoms with Gasteiger partial charge in [0.25, 0.3) is 0 Å². The third-order valence-electron chi connectivity index (χ3n) is 15.1. The number of aliphatic hydroxyl groups is 3. The van der Waals surface area contributed by atoms with Crippen LogP contribution in [-0.2, 0) is 19.8 Å². The first-order valence-corrected chi connectivity index (χ1v) is 32.6. The van der Waals surface area contributed by atoms with E-state index < -0.39 is 0 Å². The minimum atomic E-state index is -0.240. The Labute approximate surface area is 582 Å². The van der Waals surface area contributed by atoms with Crippen molar-refractivity contribution in [1.82, 2.24) is 0 Å². The summed E-state index contributed by atoms with van der Waals surface area (Å²) in [7, 11) is 0. The van der Waals surface area contributed by atoms with Crippen LogP contribution in [0.15, 0.2) is 291 Å². The monoisotopic (exact) mass is 1310 g/mol. The second-order valence-corrected chi connectivity index (χ2v) is 23.4. The van der Waals surface area contributed by atoms with E-state index in [1.54, 1.807) is 54.6 Å². The Bertz CT molecular complexity index is 4510. The van der Waals surface area contributed by atoms with Crippen molar-refractivity contribution >= 4 is 72.9 Å². The average Bonchev–Trinajstić information content (AvgIpc) is 2.48. The van der Waals surface area contributed by atoms with E-state index in [0.29, 0.717) is 11.1 Å². The summed E-state index contributed by atoms with van der Waals surface area (Å²) in [6.07, 6.45) is 23.3. The largest absolute Gasteiger partial charge is 0.392 e. The van der Waals surface area contributed by atoms with Gasteiger partial charge in [-0.15, -0.1) is 0 Å². The minimum Gasteiger partial charge on any atom is -0.392 e. The quantitative estimate of drug-likeness (QED) is 0.0708. The molecule has 0 bridgehead atoms. The Hall–Kier alpha value is -11.3. The summed E-state index contributed by atoms with van der Waals surface area (Å²) in [6, 6.07) is 91.2. The summed E-state index contributed by atoms with van der Waals surface area (Å²) in [4.78, 5) is 0. The van der Waals surface area contributed by atoms with Gasteiger partial charge in [0, 0.05) is 11.1 Å². The highest BCUT2D eigenvalue weighted by atomic mass is 19.1. The maximum atomic E-state index is 13.3. The fourth-order valence-corrected chi connectivity index (χ4v) is 9.36. The Kier molecular flexibility index (Phi) is 31.5. The number of hydrogen-bond acceptors (Lipinski definition) is 3. The van der Waals surface area contributed by atoms with E-state index in [4.69, 9.17) is 15.3 Å². The lowest BCUT2D eigenvalue weighted by atomic mass is 10.1. The van der Waals surface area contributed by atoms with E-state index in [1.165, 1.54) is 80.9 Å². The number of rotatable bonds is 15. The molecule has 12 rings (SSSR count). The van der Waals surface area contributed by atoms with Crippen molar-refractivity contribution in [2.75, 3.05) is 0 Å². The first kappa shape index (κ1) is 75.1. The Morgan fingerprint density at radius 1 is 0.212 bits per heavy atom. The zero-order valence-corrected chi connectivity index (χ0v) is 56.6. The lowest BCUT2D eigenvalue weighted by Crippen LogP contribution is -1.83. The van der Waals surface area contributed by atoms with Crippen LogP contribution in [0.4, 0.5) is 17.6 Å². The van der Waals surface area contributed by atoms with Crippen LogP contribution in [0.5, 0.6) is 0 Å². The van der Waals surface area contributed by atoms with Crippen LogP contribution >= 0.6 is 0 Å². The number of benzene rings is 12. The molecule has 12 aromatic rings. The lowest BCUT2D eigenvalue weighted by Gasteiger charge is -1.99. The molecule has 7 heteroatoms. The molecule has 12 aromatic carbocycles. The van der Waals surface area contributed by atoms with Gasteiger partial charge in [-0.1, -0.05) is 337 Å². The highest BCUT2D eigenvalue weighted by Gasteiger charge is 2.00. The SMILES string of the molecule is Cc1ccc(/C=C/c2ccc(C)cc2)cc1.Cc1ccc(/C=C/c2cccc(CO)c2)cc1.Cc1ccc(/C=C/c2cccc(F)c2)cc1.Cc1ccc(/C=C/c2ccccc2F)cc1.OCc1cccc(/C=C/c2cccc(F)c2)c1.OCc1cccc(/C=C/c2ccccc2F)c1. The summed E-state index contributed by atoms with van der Waals surface area (Å²) in [5.41, 5.74) is 20.8. The molecule has 0 fully saturated rings. The third kappa shape index (κ3) is 28.9. The molecular weight excluding hydrogens is 1230 g/mol. The topological polar surface area (TPSA) is 60.7 Å². The van der Waals surface area contributed by atoms with E-state index in [9.17, 15) is 17.6 Å². The van der Waals surface area contributed by atoms with Gasteiger partial charge in [-0.25, -0.2) is 17.6 Å². The van der Waals surface area contributed by atoms with Crippen LogP contribution < -0.4 is 0 Å². The van der Waals surface area contributed by atoms with Gasteiger partial charge in [-0.05, 0) is 162 Å². The highest BCUT2D eigenvalue weighted by Crippen LogP contribution is 2.18. The summed E-state index contributed by atoms with van der Waals surface area (Å²) in [6.45, 7) is 10.5. The fourth-order valence-electron chi connectivity index (χ4n) is 9.36. The minimum absolute atomic E-state index is 0.0153. The van der Waals surface area contributed by atoms with Crippen molar-refractivity contribution in [3.05, 3.63) is 426 Å². The van der Waals surface area contributed by atoms with Gasteiger partial charge in [-0.3, -0.25) is 0 Å². The molecule has 0 aliphatic heterocycles. The van der Waals surface area contributed by atoms with Gasteiger partial charge >= 0.3 is 0 Å². The molecule has 0 aliphatic carbocycles. The molecule has 0 radical (unpaired) electrons. The predicted molar refractivity (Wildman–Crippen MR) is 412 cm³/mol. The smallest absolute Gasteiger partial charge is 0.130 e. The molecule has 0 amide bonds. The maximum Gasteiger partial charge on any atom is 0.130 e. The second kappa shape index (κ2) is 41.6. The lowest BCUT2D eigenvalue weighted by molar-refractivity contribution is 0.281. The van der Waals surface area contributed by atoms with Crippen LogP contribution in [0.1, 0.15) is 111 Å². The first-order chi connectivity index (χ1) is 48.1. The van der Waals surface area contributed by atoms with Crippen LogP contribution in [0.3, 0.4) is 0 Å². The first-order valence-electron chi connectivity index (χ1n) is 32.6. The summed E-state index contributed by atoms with van der Waals surface area (Å²) in [5, 5.41) is 27.1. The fraction of sp³-hybridized carbons (Fsp3) is 0.0870. The predicted octanol–water partition coefficient (Wildman–Crippen LogP) is 23.7. The van der Waals surface area contributed by atoms with Gasteiger partial charge in [0.05, 0.1) is 19.8 Å². The van der Waals surface area contributed by atoms with Crippen molar-refractivity contribution in [3.63, 3.8) is 0 Å². The molecule has 0 unspecified atom stereocenters. The Balaban J connectivity index is 0.000000167. The normalized spacial score (nSPS) is 10.9. The summed E-state index contributed by atoms with van der Waals surface area (Å²) in [5.74, 6) is -0.866. The van der Waals surface area contributed by atoms with Gasteiger partial charge in [0.1, 0.15) is 23.3 Å². The van der Waals surface area contributed by atoms with E-state index in [2.05, 4.69) is 137 Å². The third-order valence-corrected chi connectivity index (χ3v) is 15.1. The van der Waals surface area contributed by atoms with Gasteiger partial charge in [-0.2, -0.15) is 0 Å². The van der Waals surface area contributed by atoms with Crippen molar-refractivity contribution in [2.45, 2.75) is 54.4 Å². The zero-order chi connectivity index (χ0) is 70.4. The van der Waals surface area contributed by atoms with E-state index in [1.807, 2.05) is 171 Å². The zero-order valence-electron chi connectivity index (χ0n) is 56.6. The molecule has 0 atom stereocenters. The van der Waals surface area contributed by atoms with Crippen LogP contribution in [0.25, 0.3) is 72.9 Å². The Morgan fingerprint density at radius 3 is 0.667 bits per heavy atom. The van der Waals surface area contributed by atoms with E-state index in [-0.39, 0.29) is 43.1 Å². The molecule has 498 valence electrons. The van der Waals surface area contributed by atoms with Crippen molar-refractivity contribution in [1.29, 1.82) is 0 Å². The van der Waals surface area contributed by atoms with E-state index in [0.717, 1.165) is 55.6 Å². The number of hydrogen-bond donors (Lipinski definition) is 3. The highest BCUT2D eigenvalue weighted by molar-refractivity contribution is 5.74. The summed E-state index contributed by atoms with van der Waals surface area (Å²) >= 11 is 0. The standard InChI is InChI=1S/C16H16O.C16H16.2C15H13FO.2C15H13F/c1-13-5-7-14(8-6-13)9-10-15-3-2-4-16(11-15)12-17;1-13-3-7-15(8-4-13)11-12-16-9-5-14(2)6-10-16;16-15-6-2-4-13(10-15)8-7-12-3-1-5-14(9-12)11-17;16-15-7-2-1-6-14(15)9-8-12-4-3-5-13(10-12)11-17;1-12-5-7-13(8-6-12)9-10-14-3-2-4-15(16)11-14;1-12-6-8-13(9-7-12)10-11-14-4-2-3-5-15(14)16/h2-11,17H,12H2,1H3;3-12H,1-2H3;2*1-10,17H,11H2;2*2-11H,1H3/b10-9+;12-11+;8-7+;9-8+;10-9+;11-10+. The van der Waals surface area contributed by atoms with Crippen LogP contribution in [0, 0.1) is 57.9 Å². The molecule has 0 aliphatic rings. The van der Waals surface area contributed by atoms with Gasteiger partial charge < -0.3 is 15.3 Å². The number of aliphatic hydroxyl groups excluding tert-OH is 3. The molecule has 0 saturated heterocycles. The van der Waals surface area contributed by atoms with Crippen molar-refractivity contribution in [2.24, 2.45) is 0 Å². The van der Waals surface area contributed by atoms with E-state index >= 15 is 0 Å². The Morgan fingerprint density at radius 2 is 0.424 bits per heavy atom. The maximum absolute atomic E-state index is 13.3. The second-order valence-electron chi connectivity index (χ2n) is 23.4. The molecular formula is C92H84F4O3. The molecule has 0 heterocycles. The average molecular weight is 1310 g/mol. The van der Waals surface area contributed by atoms with Crippen LogP contribution in [0.2, 0.25) is 0 Å². The van der Waals surface area contributed by atoms with Crippen molar-refractivity contribution < 1.29 is 32.9 Å². The molecule has 3 N–H and O–H groups in total. The number of aryl methyl sites for hydroxylation is 5. The number of halogens is 4. The van der Waals surface area contributed by atoms with Crippen LogP contribution in [-0.4, -0.2) is 15.3 Å². The molecule has 0 aromatic heterocycles. The molecule has 0 saturated carbocycles. The van der Waals surface area contributed by atoms with Gasteiger partial charge in [0.2, 0.25) is 0 Å². The molecule has 99 heavy (non-hydrogen) atoms. The summed E-state index contributed by atoms with van der Waals surface area (Å²) < 4.78 is 52.5.